The molecule has 0 saturated carbocycles. The van der Waals surface area contributed by atoms with Gasteiger partial charge >= 0.3 is 6.03 Å². The van der Waals surface area contributed by atoms with Crippen molar-refractivity contribution in [1.29, 1.82) is 0 Å². The maximum Gasteiger partial charge on any atom is 0.314 e. The Kier molecular flexibility index (Phi) is 7.86. The van der Waals surface area contributed by atoms with Gasteiger partial charge in [0.2, 0.25) is 0 Å². The average Bonchev–Trinajstić information content (AvgIpc) is 2.17. The summed E-state index contributed by atoms with van der Waals surface area (Å²) >= 11 is 0. The van der Waals surface area contributed by atoms with Crippen LogP contribution in [-0.4, -0.2) is 35.3 Å². The lowest BCUT2D eigenvalue weighted by Crippen LogP contribution is -2.37. The van der Waals surface area contributed by atoms with Crippen LogP contribution in [0.3, 0.4) is 0 Å². The molecule has 0 saturated heterocycles. The molecule has 0 bridgehead atoms. The van der Waals surface area contributed by atoms with Crippen LogP contribution < -0.4 is 10.6 Å². The number of carbonyl (C=O) groups is 1. The molecule has 108 valence electrons. The highest BCUT2D eigenvalue weighted by atomic mass is 28.3. The lowest BCUT2D eigenvalue weighted by Gasteiger charge is -2.16. The second kappa shape index (κ2) is 7.99. The van der Waals surface area contributed by atoms with Gasteiger partial charge in [-0.1, -0.05) is 51.4 Å². The van der Waals surface area contributed by atoms with Crippen molar-refractivity contribution in [3.63, 3.8) is 0 Å². The molecule has 0 aromatic rings. The van der Waals surface area contributed by atoms with Crippen LogP contribution in [0.4, 0.5) is 4.79 Å². The van der Waals surface area contributed by atoms with Crippen molar-refractivity contribution in [2.45, 2.75) is 64.2 Å². The van der Waals surface area contributed by atoms with E-state index in [-0.39, 0.29) is 6.03 Å². The van der Waals surface area contributed by atoms with E-state index >= 15 is 0 Å². The van der Waals surface area contributed by atoms with Crippen molar-refractivity contribution in [2.75, 3.05) is 13.1 Å². The topological polar surface area (TPSA) is 41.1 Å². The molecule has 2 amide bonds. The predicted molar refractivity (Wildman–Crippen MR) is 86.9 cm³/mol. The van der Waals surface area contributed by atoms with Gasteiger partial charge in [0, 0.05) is 29.2 Å². The zero-order valence-corrected chi connectivity index (χ0v) is 15.2. The minimum absolute atomic E-state index is 0.00107. The van der Waals surface area contributed by atoms with E-state index in [0.717, 1.165) is 25.9 Å². The third kappa shape index (κ3) is 13.8. The molecule has 3 nitrogen and oxygen atoms in total. The first-order valence-corrected chi connectivity index (χ1v) is 14.5. The highest BCUT2D eigenvalue weighted by Gasteiger charge is 2.13. The van der Waals surface area contributed by atoms with Gasteiger partial charge < -0.3 is 10.6 Å². The summed E-state index contributed by atoms with van der Waals surface area (Å²) in [7, 11) is -1.90. The molecular weight excluding hydrogens is 256 g/mol. The van der Waals surface area contributed by atoms with Crippen LogP contribution in [0.15, 0.2) is 0 Å². The smallest absolute Gasteiger partial charge is 0.314 e. The largest absolute Gasteiger partial charge is 0.338 e. The Bertz CT molecular complexity index is 220. The first-order valence-electron chi connectivity index (χ1n) is 7.12. The van der Waals surface area contributed by atoms with Gasteiger partial charge in [-0.25, -0.2) is 4.79 Å². The average molecular weight is 289 g/mol. The molecule has 0 fully saturated rings. The molecule has 0 aromatic carbocycles. The Hall–Kier alpha value is -0.296. The van der Waals surface area contributed by atoms with Crippen LogP contribution in [0.25, 0.3) is 0 Å². The van der Waals surface area contributed by atoms with Crippen molar-refractivity contribution >= 4 is 22.2 Å². The van der Waals surface area contributed by atoms with Crippen LogP contribution in [0.5, 0.6) is 0 Å². The molecule has 0 aliphatic carbocycles. The second-order valence-corrected chi connectivity index (χ2v) is 18.8. The number of amides is 2. The van der Waals surface area contributed by atoms with Crippen molar-refractivity contribution in [1.82, 2.24) is 10.6 Å². The summed E-state index contributed by atoms with van der Waals surface area (Å²) in [6.07, 6.45) is 2.22. The van der Waals surface area contributed by atoms with Gasteiger partial charge in [0.25, 0.3) is 0 Å². The van der Waals surface area contributed by atoms with Gasteiger partial charge in [0.15, 0.2) is 0 Å². The molecule has 0 heterocycles. The minimum Gasteiger partial charge on any atom is -0.338 e. The quantitative estimate of drug-likeness (QED) is 0.518. The lowest BCUT2D eigenvalue weighted by atomic mass is 10.4. The van der Waals surface area contributed by atoms with Crippen LogP contribution in [-0.2, 0) is 0 Å². The number of hydrogen-bond donors (Lipinski definition) is 2. The van der Waals surface area contributed by atoms with E-state index in [1.54, 1.807) is 0 Å². The van der Waals surface area contributed by atoms with E-state index in [1.807, 2.05) is 0 Å². The van der Waals surface area contributed by atoms with E-state index in [1.165, 1.54) is 12.1 Å². The van der Waals surface area contributed by atoms with E-state index in [0.29, 0.717) is 0 Å². The number of rotatable bonds is 8. The Labute approximate surface area is 115 Å². The molecule has 0 rings (SSSR count). The van der Waals surface area contributed by atoms with Crippen LogP contribution in [0.1, 0.15) is 12.8 Å². The molecule has 0 spiro atoms. The highest BCUT2D eigenvalue weighted by molar-refractivity contribution is 6.76. The van der Waals surface area contributed by atoms with Gasteiger partial charge in [0.1, 0.15) is 0 Å². The fourth-order valence-electron chi connectivity index (χ4n) is 1.70. The normalized spacial score (nSPS) is 12.3. The Morgan fingerprint density at radius 1 is 0.778 bits per heavy atom. The van der Waals surface area contributed by atoms with E-state index in [4.69, 9.17) is 0 Å². The number of carbonyl (C=O) groups excluding carboxylic acids is 1. The van der Waals surface area contributed by atoms with E-state index in [2.05, 4.69) is 49.9 Å². The van der Waals surface area contributed by atoms with Crippen molar-refractivity contribution in [2.24, 2.45) is 0 Å². The first-order chi connectivity index (χ1) is 8.10. The molecule has 0 aliphatic heterocycles. The molecule has 0 aliphatic rings. The molecule has 5 heteroatoms. The van der Waals surface area contributed by atoms with Crippen molar-refractivity contribution in [3.8, 4) is 0 Å². The number of nitrogens with one attached hydrogen (secondary N) is 2. The Morgan fingerprint density at radius 3 is 1.39 bits per heavy atom. The molecular formula is C13H32N2OSi2. The van der Waals surface area contributed by atoms with Gasteiger partial charge in [-0.3, -0.25) is 0 Å². The van der Waals surface area contributed by atoms with Crippen molar-refractivity contribution < 1.29 is 4.79 Å². The van der Waals surface area contributed by atoms with Gasteiger partial charge in [-0.15, -0.1) is 0 Å². The molecule has 0 aromatic heterocycles. The first kappa shape index (κ1) is 17.7. The fourth-order valence-corrected chi connectivity index (χ4v) is 4.18. The molecule has 0 radical (unpaired) electrons. The Balaban J connectivity index is 3.44. The minimum atomic E-state index is -0.949. The van der Waals surface area contributed by atoms with Gasteiger partial charge in [-0.05, 0) is 12.8 Å². The summed E-state index contributed by atoms with van der Waals surface area (Å²) < 4.78 is 0. The van der Waals surface area contributed by atoms with Crippen molar-refractivity contribution in [3.05, 3.63) is 0 Å². The third-order valence-electron chi connectivity index (χ3n) is 2.78. The SMILES string of the molecule is C[Si](C)(C)CCCNC(=O)NCCC[Si](C)(C)C. The summed E-state index contributed by atoms with van der Waals surface area (Å²) in [5.41, 5.74) is 0. The monoisotopic (exact) mass is 288 g/mol. The number of urea groups is 1. The second-order valence-electron chi connectivity index (χ2n) is 7.51. The molecule has 18 heavy (non-hydrogen) atoms. The zero-order chi connectivity index (χ0) is 14.2. The molecule has 0 atom stereocenters. The lowest BCUT2D eigenvalue weighted by molar-refractivity contribution is 0.241. The highest BCUT2D eigenvalue weighted by Crippen LogP contribution is 2.10. The van der Waals surface area contributed by atoms with E-state index < -0.39 is 16.1 Å². The van der Waals surface area contributed by atoms with Crippen LogP contribution >= 0.6 is 0 Å². The summed E-state index contributed by atoms with van der Waals surface area (Å²) in [5, 5.41) is 5.87. The maximum atomic E-state index is 11.5. The van der Waals surface area contributed by atoms with Crippen LogP contribution in [0, 0.1) is 0 Å². The summed E-state index contributed by atoms with van der Waals surface area (Å²) in [6, 6.07) is 2.56. The molecule has 2 N–H and O–H groups in total. The third-order valence-corrected chi connectivity index (χ3v) is 6.49. The predicted octanol–water partition coefficient (Wildman–Crippen LogP) is 3.74. The molecule has 0 unspecified atom stereocenters. The Morgan fingerprint density at radius 2 is 1.11 bits per heavy atom. The number of hydrogen-bond acceptors (Lipinski definition) is 1. The summed E-state index contributed by atoms with van der Waals surface area (Å²) in [6.45, 7) is 15.8. The van der Waals surface area contributed by atoms with Crippen LogP contribution in [0.2, 0.25) is 51.4 Å². The van der Waals surface area contributed by atoms with Gasteiger partial charge in [-0.2, -0.15) is 0 Å². The summed E-state index contributed by atoms with van der Waals surface area (Å²) in [5.74, 6) is 0. The standard InChI is InChI=1S/C13H32N2OSi2/c1-17(2,3)11-7-9-14-13(16)15-10-8-12-18(4,5)6/h7-12H2,1-6H3,(H2,14,15,16). The maximum absolute atomic E-state index is 11.5. The fraction of sp³-hybridized carbons (Fsp3) is 0.923. The summed E-state index contributed by atoms with van der Waals surface area (Å²) in [4.78, 5) is 11.5. The van der Waals surface area contributed by atoms with E-state index in [9.17, 15) is 4.79 Å². The zero-order valence-electron chi connectivity index (χ0n) is 13.2. The van der Waals surface area contributed by atoms with Gasteiger partial charge in [0.05, 0.1) is 0 Å².